The third kappa shape index (κ3) is 3.93. The Morgan fingerprint density at radius 1 is 1.40 bits per heavy atom. The molecule has 1 amide bonds. The third-order valence-corrected chi connectivity index (χ3v) is 5.40. The van der Waals surface area contributed by atoms with Crippen molar-refractivity contribution in [3.8, 4) is 0 Å². The molecule has 1 atom stereocenters. The second-order valence-electron chi connectivity index (χ2n) is 5.95. The normalized spacial score (nSPS) is 14.2. The first kappa shape index (κ1) is 17.7. The van der Waals surface area contributed by atoms with Crippen LogP contribution in [-0.4, -0.2) is 25.0 Å². The number of furan rings is 1. The van der Waals surface area contributed by atoms with E-state index in [0.29, 0.717) is 17.2 Å². The summed E-state index contributed by atoms with van der Waals surface area (Å²) < 4.78 is 10.5. The second kappa shape index (κ2) is 7.84. The molecule has 0 saturated heterocycles. The predicted octanol–water partition coefficient (Wildman–Crippen LogP) is 3.30. The lowest BCUT2D eigenvalue weighted by Crippen LogP contribution is -2.30. The Hall–Kier alpha value is -2.12. The van der Waals surface area contributed by atoms with Gasteiger partial charge in [-0.25, -0.2) is 4.79 Å². The zero-order chi connectivity index (χ0) is 17.8. The Kier molecular flexibility index (Phi) is 5.55. The van der Waals surface area contributed by atoms with Crippen LogP contribution in [-0.2, 0) is 22.4 Å². The number of carbonyl (C=O) groups is 2. The van der Waals surface area contributed by atoms with Gasteiger partial charge in [0.15, 0.2) is 0 Å². The summed E-state index contributed by atoms with van der Waals surface area (Å²) in [7, 11) is 0. The molecule has 0 bridgehead atoms. The lowest BCUT2D eigenvalue weighted by molar-refractivity contribution is -0.115. The number of esters is 1. The van der Waals surface area contributed by atoms with Crippen LogP contribution in [0.3, 0.4) is 0 Å². The number of hydrogen-bond donors (Lipinski definition) is 2. The molecule has 7 heteroatoms. The molecule has 6 nitrogen and oxygen atoms in total. The molecule has 1 aliphatic rings. The standard InChI is InChI=1S/C18H22N2O4S/c1-3-23-18(22)16-12-6-4-8-14(12)25-17(16)20-15(21)10-19-11(2)13-7-5-9-24-13/h5,7,9,11,19H,3-4,6,8,10H2,1-2H3,(H,20,21)/t11-/m1/s1. The molecule has 0 radical (unpaired) electrons. The Balaban J connectivity index is 1.66. The van der Waals surface area contributed by atoms with Gasteiger partial charge in [-0.1, -0.05) is 0 Å². The molecule has 2 aromatic rings. The average molecular weight is 362 g/mol. The van der Waals surface area contributed by atoms with Crippen LogP contribution in [0.2, 0.25) is 0 Å². The third-order valence-electron chi connectivity index (χ3n) is 4.19. The minimum absolute atomic E-state index is 0.0707. The number of aryl methyl sites for hydroxylation is 1. The molecule has 0 spiro atoms. The van der Waals surface area contributed by atoms with E-state index in [2.05, 4.69) is 10.6 Å². The minimum atomic E-state index is -0.353. The first-order valence-electron chi connectivity index (χ1n) is 8.48. The molecule has 2 N–H and O–H groups in total. The molecular formula is C18H22N2O4S. The molecule has 0 aromatic carbocycles. The first-order chi connectivity index (χ1) is 12.1. The summed E-state index contributed by atoms with van der Waals surface area (Å²) in [5, 5.41) is 6.57. The van der Waals surface area contributed by atoms with Crippen molar-refractivity contribution in [1.82, 2.24) is 5.32 Å². The molecule has 0 unspecified atom stereocenters. The van der Waals surface area contributed by atoms with Gasteiger partial charge in [0, 0.05) is 4.88 Å². The predicted molar refractivity (Wildman–Crippen MR) is 96.1 cm³/mol. The number of carbonyl (C=O) groups excluding carboxylic acids is 2. The highest BCUT2D eigenvalue weighted by atomic mass is 32.1. The summed E-state index contributed by atoms with van der Waals surface area (Å²) in [5.74, 6) is 0.230. The lowest BCUT2D eigenvalue weighted by Gasteiger charge is -2.12. The van der Waals surface area contributed by atoms with E-state index in [-0.39, 0.29) is 24.5 Å². The summed E-state index contributed by atoms with van der Waals surface area (Å²) in [5.41, 5.74) is 1.57. The van der Waals surface area contributed by atoms with E-state index in [1.807, 2.05) is 19.1 Å². The van der Waals surface area contributed by atoms with Gasteiger partial charge in [0.05, 0.1) is 31.0 Å². The number of ether oxygens (including phenoxy) is 1. The van der Waals surface area contributed by atoms with E-state index in [0.717, 1.165) is 30.6 Å². The zero-order valence-corrected chi connectivity index (χ0v) is 15.2. The Labute approximate surface area is 150 Å². The first-order valence-corrected chi connectivity index (χ1v) is 9.30. The van der Waals surface area contributed by atoms with Crippen molar-refractivity contribution in [1.29, 1.82) is 0 Å². The molecule has 25 heavy (non-hydrogen) atoms. The fraction of sp³-hybridized carbons (Fsp3) is 0.444. The number of rotatable bonds is 7. The number of fused-ring (bicyclic) bond motifs is 1. The van der Waals surface area contributed by atoms with Crippen LogP contribution in [0.1, 0.15) is 52.9 Å². The molecule has 2 aromatic heterocycles. The van der Waals surface area contributed by atoms with Crippen LogP contribution in [0.5, 0.6) is 0 Å². The molecule has 0 saturated carbocycles. The van der Waals surface area contributed by atoms with Gasteiger partial charge in [-0.15, -0.1) is 11.3 Å². The van der Waals surface area contributed by atoms with Gasteiger partial charge in [0.25, 0.3) is 0 Å². The minimum Gasteiger partial charge on any atom is -0.468 e. The maximum absolute atomic E-state index is 12.3. The van der Waals surface area contributed by atoms with E-state index in [9.17, 15) is 9.59 Å². The van der Waals surface area contributed by atoms with E-state index in [1.54, 1.807) is 13.2 Å². The Bertz CT molecular complexity index is 751. The summed E-state index contributed by atoms with van der Waals surface area (Å²) in [4.78, 5) is 25.8. The molecule has 1 aliphatic carbocycles. The van der Waals surface area contributed by atoms with Crippen LogP contribution in [0, 0.1) is 0 Å². The number of anilines is 1. The highest BCUT2D eigenvalue weighted by Crippen LogP contribution is 2.39. The van der Waals surface area contributed by atoms with Crippen LogP contribution in [0.4, 0.5) is 5.00 Å². The van der Waals surface area contributed by atoms with Gasteiger partial charge >= 0.3 is 5.97 Å². The maximum Gasteiger partial charge on any atom is 0.341 e. The van der Waals surface area contributed by atoms with Crippen molar-refractivity contribution in [2.45, 2.75) is 39.2 Å². The van der Waals surface area contributed by atoms with E-state index in [4.69, 9.17) is 9.15 Å². The highest BCUT2D eigenvalue weighted by molar-refractivity contribution is 7.17. The molecular weight excluding hydrogens is 340 g/mol. The number of thiophene rings is 1. The van der Waals surface area contributed by atoms with E-state index >= 15 is 0 Å². The summed E-state index contributed by atoms with van der Waals surface area (Å²) in [6.45, 7) is 4.16. The van der Waals surface area contributed by atoms with Crippen LogP contribution < -0.4 is 10.6 Å². The SMILES string of the molecule is CCOC(=O)c1c(NC(=O)CN[C@H](C)c2ccco2)sc2c1CCC2. The summed E-state index contributed by atoms with van der Waals surface area (Å²) in [6, 6.07) is 3.60. The van der Waals surface area contributed by atoms with Gasteiger partial charge in [0.2, 0.25) is 5.91 Å². The molecule has 0 fully saturated rings. The zero-order valence-electron chi connectivity index (χ0n) is 14.4. The van der Waals surface area contributed by atoms with Gasteiger partial charge in [-0.05, 0) is 50.8 Å². The molecule has 3 rings (SSSR count). The fourth-order valence-corrected chi connectivity index (χ4v) is 4.26. The van der Waals surface area contributed by atoms with Crippen molar-refractivity contribution in [3.05, 3.63) is 40.2 Å². The fourth-order valence-electron chi connectivity index (χ4n) is 2.97. The van der Waals surface area contributed by atoms with Crippen molar-refractivity contribution in [2.75, 3.05) is 18.5 Å². The van der Waals surface area contributed by atoms with Gasteiger partial charge in [-0.2, -0.15) is 0 Å². The lowest BCUT2D eigenvalue weighted by atomic mass is 10.1. The van der Waals surface area contributed by atoms with Crippen molar-refractivity contribution in [3.63, 3.8) is 0 Å². The van der Waals surface area contributed by atoms with Crippen LogP contribution in [0.25, 0.3) is 0 Å². The van der Waals surface area contributed by atoms with E-state index in [1.165, 1.54) is 16.2 Å². The number of nitrogens with one attached hydrogen (secondary N) is 2. The van der Waals surface area contributed by atoms with Crippen LogP contribution >= 0.6 is 11.3 Å². The molecule has 0 aliphatic heterocycles. The van der Waals surface area contributed by atoms with Crippen molar-refractivity contribution >= 4 is 28.2 Å². The molecule has 2 heterocycles. The topological polar surface area (TPSA) is 80.6 Å². The van der Waals surface area contributed by atoms with Crippen molar-refractivity contribution < 1.29 is 18.7 Å². The van der Waals surface area contributed by atoms with Crippen molar-refractivity contribution in [2.24, 2.45) is 0 Å². The number of amides is 1. The van der Waals surface area contributed by atoms with Gasteiger partial charge in [-0.3, -0.25) is 10.1 Å². The summed E-state index contributed by atoms with van der Waals surface area (Å²) >= 11 is 1.48. The smallest absolute Gasteiger partial charge is 0.341 e. The number of hydrogen-bond acceptors (Lipinski definition) is 6. The largest absolute Gasteiger partial charge is 0.468 e. The van der Waals surface area contributed by atoms with Gasteiger partial charge in [0.1, 0.15) is 10.8 Å². The molecule has 134 valence electrons. The van der Waals surface area contributed by atoms with Crippen LogP contribution in [0.15, 0.2) is 22.8 Å². The highest BCUT2D eigenvalue weighted by Gasteiger charge is 2.28. The maximum atomic E-state index is 12.3. The second-order valence-corrected chi connectivity index (χ2v) is 7.05. The van der Waals surface area contributed by atoms with Gasteiger partial charge < -0.3 is 14.5 Å². The Morgan fingerprint density at radius 2 is 2.24 bits per heavy atom. The Morgan fingerprint density at radius 3 is 2.96 bits per heavy atom. The quantitative estimate of drug-likeness (QED) is 0.739. The van der Waals surface area contributed by atoms with E-state index < -0.39 is 0 Å². The monoisotopic (exact) mass is 362 g/mol. The summed E-state index contributed by atoms with van der Waals surface area (Å²) in [6.07, 6.45) is 4.47. The average Bonchev–Trinajstić information content (AvgIpc) is 3.29.